The maximum Gasteiger partial charge on any atom is 0.311 e. The Morgan fingerprint density at radius 2 is 1.72 bits per heavy atom. The molecule has 2 aromatic carbocycles. The number of amides is 2. The monoisotopic (exact) mass is 421 g/mol. The molecule has 0 fully saturated rings. The first-order valence-corrected chi connectivity index (χ1v) is 8.75. The molecule has 0 atom stereocenters. The van der Waals surface area contributed by atoms with Crippen molar-refractivity contribution >= 4 is 45.3 Å². The fourth-order valence-corrected chi connectivity index (χ4v) is 3.02. The SMILES string of the molecule is O=C(CCCN1C(=O)c2ccc(Br)cc2C1=O)Oc1ccc(Cl)cc1. The van der Waals surface area contributed by atoms with Crippen molar-refractivity contribution in [2.24, 2.45) is 0 Å². The molecule has 1 aliphatic heterocycles. The molecule has 0 aliphatic carbocycles. The number of nitrogens with zero attached hydrogens (tertiary/aromatic N) is 1. The summed E-state index contributed by atoms with van der Waals surface area (Å²) in [7, 11) is 0. The second kappa shape index (κ2) is 7.37. The number of halogens is 2. The number of fused-ring (bicyclic) bond motifs is 1. The van der Waals surface area contributed by atoms with Gasteiger partial charge >= 0.3 is 5.97 Å². The fourth-order valence-electron chi connectivity index (χ4n) is 2.53. The van der Waals surface area contributed by atoms with Crippen molar-refractivity contribution in [1.82, 2.24) is 4.90 Å². The average Bonchev–Trinajstić information content (AvgIpc) is 2.81. The molecule has 0 unspecified atom stereocenters. The number of rotatable bonds is 5. The van der Waals surface area contributed by atoms with Gasteiger partial charge in [-0.2, -0.15) is 0 Å². The lowest BCUT2D eigenvalue weighted by Crippen LogP contribution is -2.31. The van der Waals surface area contributed by atoms with Crippen LogP contribution in [-0.4, -0.2) is 29.2 Å². The third-order valence-electron chi connectivity index (χ3n) is 3.74. The van der Waals surface area contributed by atoms with Crippen molar-refractivity contribution < 1.29 is 19.1 Å². The maximum atomic E-state index is 12.3. The zero-order chi connectivity index (χ0) is 18.0. The van der Waals surface area contributed by atoms with Gasteiger partial charge in [0.15, 0.2) is 0 Å². The number of esters is 1. The molecule has 2 aromatic rings. The largest absolute Gasteiger partial charge is 0.427 e. The zero-order valence-electron chi connectivity index (χ0n) is 13.0. The van der Waals surface area contributed by atoms with Gasteiger partial charge in [0.25, 0.3) is 11.8 Å². The molecule has 0 aromatic heterocycles. The first kappa shape index (κ1) is 17.6. The van der Waals surface area contributed by atoms with E-state index < -0.39 is 5.97 Å². The van der Waals surface area contributed by atoms with Crippen molar-refractivity contribution in [3.05, 3.63) is 63.1 Å². The molecule has 0 radical (unpaired) electrons. The Labute approximate surface area is 157 Å². The third-order valence-corrected chi connectivity index (χ3v) is 4.49. The third kappa shape index (κ3) is 3.91. The molecule has 0 spiro atoms. The van der Waals surface area contributed by atoms with Gasteiger partial charge in [0.05, 0.1) is 11.1 Å². The molecule has 0 N–H and O–H groups in total. The number of carbonyl (C=O) groups excluding carboxylic acids is 3. The van der Waals surface area contributed by atoms with Crippen LogP contribution >= 0.6 is 27.5 Å². The first-order chi connectivity index (χ1) is 12.0. The van der Waals surface area contributed by atoms with Gasteiger partial charge in [-0.3, -0.25) is 19.3 Å². The summed E-state index contributed by atoms with van der Waals surface area (Å²) in [5, 5.41) is 0.553. The number of carbonyl (C=O) groups is 3. The smallest absolute Gasteiger partial charge is 0.311 e. The average molecular weight is 423 g/mol. The van der Waals surface area contributed by atoms with Crippen LogP contribution in [0.15, 0.2) is 46.9 Å². The van der Waals surface area contributed by atoms with E-state index in [1.165, 1.54) is 0 Å². The van der Waals surface area contributed by atoms with Crippen LogP contribution in [0.2, 0.25) is 5.02 Å². The van der Waals surface area contributed by atoms with E-state index in [1.807, 2.05) is 0 Å². The summed E-state index contributed by atoms with van der Waals surface area (Å²) in [5.74, 6) is -0.701. The summed E-state index contributed by atoms with van der Waals surface area (Å²) in [6.07, 6.45) is 0.429. The standard InChI is InChI=1S/C18H13BrClNO4/c19-11-3-8-14-15(10-11)18(24)21(17(14)23)9-1-2-16(22)25-13-6-4-12(20)5-7-13/h3-8,10H,1-2,9H2. The molecule has 0 bridgehead atoms. The van der Waals surface area contributed by atoms with Crippen molar-refractivity contribution in [3.63, 3.8) is 0 Å². The molecular formula is C18H13BrClNO4. The van der Waals surface area contributed by atoms with Crippen molar-refractivity contribution in [2.75, 3.05) is 6.54 Å². The lowest BCUT2D eigenvalue weighted by molar-refractivity contribution is -0.134. The van der Waals surface area contributed by atoms with Crippen LogP contribution in [0.5, 0.6) is 5.75 Å². The Kier molecular flexibility index (Phi) is 5.20. The molecular weight excluding hydrogens is 410 g/mol. The van der Waals surface area contributed by atoms with E-state index in [0.29, 0.717) is 28.3 Å². The highest BCUT2D eigenvalue weighted by Gasteiger charge is 2.35. The Morgan fingerprint density at radius 3 is 2.44 bits per heavy atom. The molecule has 2 amide bonds. The highest BCUT2D eigenvalue weighted by Crippen LogP contribution is 2.26. The van der Waals surface area contributed by atoms with Crippen LogP contribution < -0.4 is 4.74 Å². The van der Waals surface area contributed by atoms with Crippen LogP contribution in [0.3, 0.4) is 0 Å². The van der Waals surface area contributed by atoms with Crippen molar-refractivity contribution in [3.8, 4) is 5.75 Å². The van der Waals surface area contributed by atoms with Crippen LogP contribution in [-0.2, 0) is 4.79 Å². The van der Waals surface area contributed by atoms with Crippen LogP contribution in [0.1, 0.15) is 33.6 Å². The summed E-state index contributed by atoms with van der Waals surface area (Å²) in [6.45, 7) is 0.166. The predicted molar refractivity (Wildman–Crippen MR) is 95.8 cm³/mol. The van der Waals surface area contributed by atoms with Crippen LogP contribution in [0.25, 0.3) is 0 Å². The van der Waals surface area contributed by atoms with Gasteiger partial charge in [0.1, 0.15) is 5.75 Å². The van der Waals surface area contributed by atoms with E-state index in [9.17, 15) is 14.4 Å². The minimum absolute atomic E-state index is 0.0970. The fraction of sp³-hybridized carbons (Fsp3) is 0.167. The lowest BCUT2D eigenvalue weighted by Gasteiger charge is -2.13. The molecule has 1 heterocycles. The highest BCUT2D eigenvalue weighted by molar-refractivity contribution is 9.10. The number of hydrogen-bond acceptors (Lipinski definition) is 4. The molecule has 7 heteroatoms. The van der Waals surface area contributed by atoms with Gasteiger partial charge in [0, 0.05) is 22.5 Å². The van der Waals surface area contributed by atoms with Gasteiger partial charge in [-0.25, -0.2) is 0 Å². The van der Waals surface area contributed by atoms with E-state index in [2.05, 4.69) is 15.9 Å². The van der Waals surface area contributed by atoms with Gasteiger partial charge in [-0.1, -0.05) is 27.5 Å². The molecule has 3 rings (SSSR count). The van der Waals surface area contributed by atoms with E-state index in [4.69, 9.17) is 16.3 Å². The van der Waals surface area contributed by atoms with E-state index >= 15 is 0 Å². The Morgan fingerprint density at radius 1 is 1.04 bits per heavy atom. The summed E-state index contributed by atoms with van der Waals surface area (Å²) < 4.78 is 5.91. The number of ether oxygens (including phenoxy) is 1. The minimum Gasteiger partial charge on any atom is -0.427 e. The molecule has 128 valence electrons. The Hall–Kier alpha value is -2.18. The second-order valence-electron chi connectivity index (χ2n) is 5.48. The molecule has 25 heavy (non-hydrogen) atoms. The second-order valence-corrected chi connectivity index (χ2v) is 6.84. The number of imide groups is 1. The van der Waals surface area contributed by atoms with Gasteiger partial charge < -0.3 is 4.74 Å². The Balaban J connectivity index is 1.54. The van der Waals surface area contributed by atoms with E-state index in [-0.39, 0.29) is 24.8 Å². The normalized spacial score (nSPS) is 13.1. The lowest BCUT2D eigenvalue weighted by atomic mass is 10.1. The van der Waals surface area contributed by atoms with E-state index in [0.717, 1.165) is 9.37 Å². The van der Waals surface area contributed by atoms with Crippen LogP contribution in [0, 0.1) is 0 Å². The maximum absolute atomic E-state index is 12.3. The van der Waals surface area contributed by atoms with Crippen LogP contribution in [0.4, 0.5) is 0 Å². The van der Waals surface area contributed by atoms with Gasteiger partial charge in [-0.05, 0) is 48.9 Å². The molecule has 5 nitrogen and oxygen atoms in total. The quantitative estimate of drug-likeness (QED) is 0.414. The molecule has 0 saturated carbocycles. The van der Waals surface area contributed by atoms with Gasteiger partial charge in [-0.15, -0.1) is 0 Å². The summed E-state index contributed by atoms with van der Waals surface area (Å²) in [4.78, 5) is 37.6. The predicted octanol–water partition coefficient (Wildman–Crippen LogP) is 4.08. The first-order valence-electron chi connectivity index (χ1n) is 7.57. The van der Waals surface area contributed by atoms with Crippen molar-refractivity contribution in [1.29, 1.82) is 0 Å². The summed E-state index contributed by atoms with van der Waals surface area (Å²) in [5.41, 5.74) is 0.764. The molecule has 1 aliphatic rings. The Bertz CT molecular complexity index is 851. The minimum atomic E-state index is -0.429. The highest BCUT2D eigenvalue weighted by atomic mass is 79.9. The summed E-state index contributed by atoms with van der Waals surface area (Å²) >= 11 is 9.06. The number of hydrogen-bond donors (Lipinski definition) is 0. The molecule has 0 saturated heterocycles. The van der Waals surface area contributed by atoms with Crippen molar-refractivity contribution in [2.45, 2.75) is 12.8 Å². The van der Waals surface area contributed by atoms with E-state index in [1.54, 1.807) is 42.5 Å². The number of benzene rings is 2. The zero-order valence-corrected chi connectivity index (χ0v) is 15.3. The summed E-state index contributed by atoms with van der Waals surface area (Å²) in [6, 6.07) is 11.4. The topological polar surface area (TPSA) is 63.7 Å². The van der Waals surface area contributed by atoms with Gasteiger partial charge in [0.2, 0.25) is 0 Å².